The molecule has 1 aliphatic heterocycles. The van der Waals surface area contributed by atoms with Crippen LogP contribution in [0.3, 0.4) is 0 Å². The summed E-state index contributed by atoms with van der Waals surface area (Å²) in [5.41, 5.74) is 7.16. The van der Waals surface area contributed by atoms with Gasteiger partial charge in [0, 0.05) is 37.9 Å². The van der Waals surface area contributed by atoms with Crippen molar-refractivity contribution in [3.63, 3.8) is 0 Å². The lowest BCUT2D eigenvalue weighted by Crippen LogP contribution is -2.44. The lowest BCUT2D eigenvalue weighted by Gasteiger charge is -2.33. The Labute approximate surface area is 132 Å². The van der Waals surface area contributed by atoms with E-state index in [1.54, 1.807) is 0 Å². The molecular formula is C18H26N2O2. The molecule has 2 atom stereocenters. The van der Waals surface area contributed by atoms with Crippen LogP contribution in [0.5, 0.6) is 5.75 Å². The molecule has 0 bridgehead atoms. The van der Waals surface area contributed by atoms with E-state index in [1.807, 2.05) is 17.0 Å². The van der Waals surface area contributed by atoms with E-state index < -0.39 is 0 Å². The van der Waals surface area contributed by atoms with E-state index in [4.69, 9.17) is 10.5 Å². The number of hydrogen-bond donors (Lipinski definition) is 1. The van der Waals surface area contributed by atoms with Crippen LogP contribution in [0.2, 0.25) is 0 Å². The Morgan fingerprint density at radius 2 is 1.82 bits per heavy atom. The highest BCUT2D eigenvalue weighted by molar-refractivity contribution is 5.79. The van der Waals surface area contributed by atoms with E-state index in [1.165, 1.54) is 5.56 Å². The second kappa shape index (κ2) is 6.69. The molecule has 2 N–H and O–H groups in total. The monoisotopic (exact) mass is 302 g/mol. The van der Waals surface area contributed by atoms with E-state index in [9.17, 15) is 4.79 Å². The fourth-order valence-electron chi connectivity index (χ4n) is 3.50. The maximum Gasteiger partial charge on any atom is 0.225 e. The van der Waals surface area contributed by atoms with Gasteiger partial charge >= 0.3 is 0 Å². The summed E-state index contributed by atoms with van der Waals surface area (Å²) < 4.78 is 6.02. The van der Waals surface area contributed by atoms with Crippen molar-refractivity contribution in [2.75, 3.05) is 13.1 Å². The molecule has 22 heavy (non-hydrogen) atoms. The zero-order valence-electron chi connectivity index (χ0n) is 13.3. The summed E-state index contributed by atoms with van der Waals surface area (Å²) >= 11 is 0. The van der Waals surface area contributed by atoms with Crippen LogP contribution in [0.4, 0.5) is 0 Å². The molecule has 1 saturated carbocycles. The van der Waals surface area contributed by atoms with Crippen LogP contribution in [0.1, 0.15) is 37.7 Å². The summed E-state index contributed by atoms with van der Waals surface area (Å²) in [6.45, 7) is 3.69. The number of ether oxygens (including phenoxy) is 1. The molecule has 2 aliphatic rings. The number of nitrogens with two attached hydrogens (primary N) is 1. The summed E-state index contributed by atoms with van der Waals surface area (Å²) in [5.74, 6) is 1.39. The van der Waals surface area contributed by atoms with E-state index in [0.29, 0.717) is 5.91 Å². The Balaban J connectivity index is 1.48. The number of carbonyl (C=O) groups excluding carboxylic acids is 1. The molecule has 4 nitrogen and oxygen atoms in total. The van der Waals surface area contributed by atoms with E-state index >= 15 is 0 Å². The molecule has 4 heteroatoms. The maximum absolute atomic E-state index is 12.5. The van der Waals surface area contributed by atoms with Crippen LogP contribution in [0.15, 0.2) is 24.3 Å². The van der Waals surface area contributed by atoms with Crippen LogP contribution in [0.25, 0.3) is 0 Å². The number of likely N-dealkylation sites (tertiary alicyclic amines) is 1. The normalized spacial score (nSPS) is 26.2. The van der Waals surface area contributed by atoms with E-state index in [0.717, 1.165) is 50.9 Å². The molecule has 0 spiro atoms. The van der Waals surface area contributed by atoms with Crippen LogP contribution in [-0.4, -0.2) is 36.0 Å². The first kappa shape index (κ1) is 15.3. The van der Waals surface area contributed by atoms with Crippen molar-refractivity contribution in [1.82, 2.24) is 4.90 Å². The third-order valence-corrected chi connectivity index (χ3v) is 4.90. The summed E-state index contributed by atoms with van der Waals surface area (Å²) in [4.78, 5) is 14.5. The van der Waals surface area contributed by atoms with Gasteiger partial charge in [-0.1, -0.05) is 17.7 Å². The van der Waals surface area contributed by atoms with Crippen molar-refractivity contribution >= 4 is 5.91 Å². The van der Waals surface area contributed by atoms with Crippen molar-refractivity contribution < 1.29 is 9.53 Å². The van der Waals surface area contributed by atoms with Crippen LogP contribution < -0.4 is 10.5 Å². The summed E-state index contributed by atoms with van der Waals surface area (Å²) in [6, 6.07) is 8.39. The smallest absolute Gasteiger partial charge is 0.225 e. The molecule has 0 radical (unpaired) electrons. The maximum atomic E-state index is 12.5. The SMILES string of the molecule is Cc1ccc(OC2CCN(C(=O)[C@@H]3CC[C@@H](N)C3)CC2)cc1. The predicted molar refractivity (Wildman–Crippen MR) is 86.7 cm³/mol. The Morgan fingerprint density at radius 1 is 1.14 bits per heavy atom. The molecule has 1 aromatic carbocycles. The largest absolute Gasteiger partial charge is 0.490 e. The number of piperidine rings is 1. The van der Waals surface area contributed by atoms with Crippen molar-refractivity contribution in [3.8, 4) is 5.75 Å². The van der Waals surface area contributed by atoms with Gasteiger partial charge in [-0.3, -0.25) is 4.79 Å². The van der Waals surface area contributed by atoms with Crippen molar-refractivity contribution in [2.45, 2.75) is 51.2 Å². The molecule has 1 aliphatic carbocycles. The molecule has 1 aromatic rings. The van der Waals surface area contributed by atoms with Gasteiger partial charge in [0.15, 0.2) is 0 Å². The molecule has 0 aromatic heterocycles. The average molecular weight is 302 g/mol. The fourth-order valence-corrected chi connectivity index (χ4v) is 3.50. The van der Waals surface area contributed by atoms with Crippen LogP contribution in [0, 0.1) is 12.8 Å². The molecule has 3 rings (SSSR count). The number of aryl methyl sites for hydroxylation is 1. The number of nitrogens with zero attached hydrogens (tertiary/aromatic N) is 1. The minimum absolute atomic E-state index is 0.157. The van der Waals surface area contributed by atoms with E-state index in [-0.39, 0.29) is 18.1 Å². The van der Waals surface area contributed by atoms with Gasteiger partial charge in [-0.15, -0.1) is 0 Å². The summed E-state index contributed by atoms with van der Waals surface area (Å²) in [6.07, 6.45) is 4.86. The standard InChI is InChI=1S/C18H26N2O2/c1-13-2-6-16(7-3-13)22-17-8-10-20(11-9-17)18(21)14-4-5-15(19)12-14/h2-3,6-7,14-15,17H,4-5,8-12,19H2,1H3/t14-,15-/m1/s1. The Morgan fingerprint density at radius 3 is 2.41 bits per heavy atom. The van der Waals surface area contributed by atoms with E-state index in [2.05, 4.69) is 19.1 Å². The molecular weight excluding hydrogens is 276 g/mol. The number of benzene rings is 1. The Bertz CT molecular complexity index is 506. The number of rotatable bonds is 3. The minimum Gasteiger partial charge on any atom is -0.490 e. The van der Waals surface area contributed by atoms with Crippen LogP contribution >= 0.6 is 0 Å². The molecule has 120 valence electrons. The highest BCUT2D eigenvalue weighted by Crippen LogP contribution is 2.28. The van der Waals surface area contributed by atoms with Gasteiger partial charge in [0.05, 0.1) is 0 Å². The molecule has 1 amide bonds. The molecule has 2 fully saturated rings. The van der Waals surface area contributed by atoms with Crippen LogP contribution in [-0.2, 0) is 4.79 Å². The third-order valence-electron chi connectivity index (χ3n) is 4.90. The summed E-state index contributed by atoms with van der Waals surface area (Å²) in [7, 11) is 0. The van der Waals surface area contributed by atoms with Gasteiger partial charge in [0.2, 0.25) is 5.91 Å². The Kier molecular flexibility index (Phi) is 4.67. The lowest BCUT2D eigenvalue weighted by atomic mass is 10.0. The van der Waals surface area contributed by atoms with Gasteiger partial charge < -0.3 is 15.4 Å². The average Bonchev–Trinajstić information content (AvgIpc) is 2.96. The van der Waals surface area contributed by atoms with Crippen molar-refractivity contribution in [3.05, 3.63) is 29.8 Å². The second-order valence-electron chi connectivity index (χ2n) is 6.73. The summed E-state index contributed by atoms with van der Waals surface area (Å²) in [5, 5.41) is 0. The lowest BCUT2D eigenvalue weighted by molar-refractivity contribution is -0.137. The predicted octanol–water partition coefficient (Wildman–Crippen LogP) is 2.49. The van der Waals surface area contributed by atoms with Gasteiger partial charge in [-0.2, -0.15) is 0 Å². The van der Waals surface area contributed by atoms with Gasteiger partial charge in [-0.05, 0) is 38.3 Å². The molecule has 0 unspecified atom stereocenters. The first-order valence-corrected chi connectivity index (χ1v) is 8.39. The second-order valence-corrected chi connectivity index (χ2v) is 6.73. The first-order chi connectivity index (χ1) is 10.6. The van der Waals surface area contributed by atoms with Gasteiger partial charge in [0.1, 0.15) is 11.9 Å². The number of amides is 1. The van der Waals surface area contributed by atoms with Crippen molar-refractivity contribution in [2.24, 2.45) is 11.7 Å². The number of carbonyl (C=O) groups is 1. The first-order valence-electron chi connectivity index (χ1n) is 8.39. The minimum atomic E-state index is 0.157. The number of hydrogen-bond acceptors (Lipinski definition) is 3. The fraction of sp³-hybridized carbons (Fsp3) is 0.611. The zero-order valence-corrected chi connectivity index (χ0v) is 13.3. The highest BCUT2D eigenvalue weighted by atomic mass is 16.5. The molecule has 1 heterocycles. The van der Waals surface area contributed by atoms with Gasteiger partial charge in [-0.25, -0.2) is 0 Å². The van der Waals surface area contributed by atoms with Crippen molar-refractivity contribution in [1.29, 1.82) is 0 Å². The molecule has 1 saturated heterocycles. The van der Waals surface area contributed by atoms with Gasteiger partial charge in [0.25, 0.3) is 0 Å². The topological polar surface area (TPSA) is 55.6 Å². The quantitative estimate of drug-likeness (QED) is 0.933. The third kappa shape index (κ3) is 3.61. The Hall–Kier alpha value is -1.55. The zero-order chi connectivity index (χ0) is 15.5. The highest BCUT2D eigenvalue weighted by Gasteiger charge is 2.33.